The molecule has 3 heteroatoms. The van der Waals surface area contributed by atoms with Gasteiger partial charge in [0.15, 0.2) is 0 Å². The zero-order valence-electron chi connectivity index (χ0n) is 16.4. The van der Waals surface area contributed by atoms with Crippen LogP contribution in [0.25, 0.3) is 0 Å². The van der Waals surface area contributed by atoms with E-state index in [0.717, 1.165) is 12.8 Å². The first-order valence-electron chi connectivity index (χ1n) is 10.8. The maximum atomic E-state index is 9.74. The molecule has 0 bridgehead atoms. The van der Waals surface area contributed by atoms with Gasteiger partial charge in [0.2, 0.25) is 0 Å². The van der Waals surface area contributed by atoms with Gasteiger partial charge in [0, 0.05) is 13.1 Å². The number of hydrogen-bond acceptors (Lipinski definition) is 3. The Bertz CT molecular complexity index is 224. The number of unbranched alkanes of at least 4 members (excludes halogenated alkanes) is 14. The summed E-state index contributed by atoms with van der Waals surface area (Å²) in [7, 11) is 0. The lowest BCUT2D eigenvalue weighted by Gasteiger charge is -2.10. The van der Waals surface area contributed by atoms with Gasteiger partial charge < -0.3 is 15.5 Å². The van der Waals surface area contributed by atoms with E-state index in [1.165, 1.54) is 89.9 Å². The van der Waals surface area contributed by atoms with Crippen molar-refractivity contribution in [1.82, 2.24) is 5.32 Å². The van der Waals surface area contributed by atoms with Crippen LogP contribution >= 0.6 is 0 Å². The first-order valence-corrected chi connectivity index (χ1v) is 10.8. The Morgan fingerprint density at radius 2 is 1.08 bits per heavy atom. The van der Waals surface area contributed by atoms with Crippen molar-refractivity contribution >= 4 is 0 Å². The molecule has 0 aliphatic rings. The molecule has 0 radical (unpaired) electrons. The fourth-order valence-corrected chi connectivity index (χ4v) is 3.20. The highest BCUT2D eigenvalue weighted by Gasteiger charge is 2.02. The molecular weight excluding hydrogens is 298 g/mol. The van der Waals surface area contributed by atoms with Gasteiger partial charge in [0.05, 0.1) is 12.7 Å². The van der Waals surface area contributed by atoms with Crippen molar-refractivity contribution in [3.8, 4) is 0 Å². The van der Waals surface area contributed by atoms with Crippen LogP contribution in [-0.4, -0.2) is 36.0 Å². The highest BCUT2D eigenvalue weighted by Crippen LogP contribution is 2.13. The SMILES string of the molecule is CCCCCCCCCCCCCCCCCC(O)CNCCO. The Kier molecular flexibility index (Phi) is 20.8. The molecule has 0 spiro atoms. The van der Waals surface area contributed by atoms with Crippen molar-refractivity contribution < 1.29 is 10.2 Å². The fourth-order valence-electron chi connectivity index (χ4n) is 3.20. The molecule has 3 N–H and O–H groups in total. The van der Waals surface area contributed by atoms with Crippen LogP contribution in [-0.2, 0) is 0 Å². The Labute approximate surface area is 151 Å². The summed E-state index contributed by atoms with van der Waals surface area (Å²) in [5.41, 5.74) is 0. The summed E-state index contributed by atoms with van der Waals surface area (Å²) in [6.07, 6.45) is 21.3. The molecule has 0 aromatic heterocycles. The average molecular weight is 344 g/mol. The molecule has 1 unspecified atom stereocenters. The van der Waals surface area contributed by atoms with E-state index in [9.17, 15) is 5.11 Å². The fraction of sp³-hybridized carbons (Fsp3) is 1.00. The highest BCUT2D eigenvalue weighted by molar-refractivity contribution is 4.59. The first kappa shape index (κ1) is 23.9. The maximum Gasteiger partial charge on any atom is 0.0664 e. The second-order valence-corrected chi connectivity index (χ2v) is 7.32. The lowest BCUT2D eigenvalue weighted by molar-refractivity contribution is 0.155. The maximum absolute atomic E-state index is 9.74. The van der Waals surface area contributed by atoms with Crippen molar-refractivity contribution in [2.75, 3.05) is 19.7 Å². The summed E-state index contributed by atoms with van der Waals surface area (Å²) in [4.78, 5) is 0. The van der Waals surface area contributed by atoms with Gasteiger partial charge in [-0.1, -0.05) is 103 Å². The molecule has 0 aliphatic heterocycles. The van der Waals surface area contributed by atoms with Crippen molar-refractivity contribution in [2.45, 2.75) is 116 Å². The standard InChI is InChI=1S/C21H45NO2/c1-2-3-4-5-6-7-8-9-10-11-12-13-14-15-16-17-21(24)20-22-18-19-23/h21-24H,2-20H2,1H3. The summed E-state index contributed by atoms with van der Waals surface area (Å²) < 4.78 is 0. The van der Waals surface area contributed by atoms with Gasteiger partial charge in [-0.15, -0.1) is 0 Å². The minimum atomic E-state index is -0.251. The Morgan fingerprint density at radius 1 is 0.667 bits per heavy atom. The second kappa shape index (κ2) is 20.9. The van der Waals surface area contributed by atoms with Gasteiger partial charge in [0.25, 0.3) is 0 Å². The number of aliphatic hydroxyl groups excluding tert-OH is 2. The monoisotopic (exact) mass is 343 g/mol. The van der Waals surface area contributed by atoms with Gasteiger partial charge in [0.1, 0.15) is 0 Å². The Hall–Kier alpha value is -0.120. The number of nitrogens with one attached hydrogen (secondary N) is 1. The molecule has 1 atom stereocenters. The lowest BCUT2D eigenvalue weighted by atomic mass is 10.0. The summed E-state index contributed by atoms with van der Waals surface area (Å²) in [6.45, 7) is 3.61. The predicted octanol–water partition coefficient (Wildman–Crippen LogP) is 5.19. The molecule has 0 heterocycles. The molecule has 146 valence electrons. The van der Waals surface area contributed by atoms with E-state index in [0.29, 0.717) is 13.1 Å². The molecule has 24 heavy (non-hydrogen) atoms. The summed E-state index contributed by atoms with van der Waals surface area (Å²) in [5.74, 6) is 0. The largest absolute Gasteiger partial charge is 0.395 e. The summed E-state index contributed by atoms with van der Waals surface area (Å²) in [6, 6.07) is 0. The molecule has 0 rings (SSSR count). The number of aliphatic hydroxyl groups is 2. The zero-order valence-corrected chi connectivity index (χ0v) is 16.4. The highest BCUT2D eigenvalue weighted by atomic mass is 16.3. The predicted molar refractivity (Wildman–Crippen MR) is 106 cm³/mol. The third-order valence-corrected chi connectivity index (χ3v) is 4.81. The molecule has 0 aromatic rings. The molecule has 3 nitrogen and oxygen atoms in total. The van der Waals surface area contributed by atoms with E-state index in [-0.39, 0.29) is 12.7 Å². The van der Waals surface area contributed by atoms with Gasteiger partial charge >= 0.3 is 0 Å². The van der Waals surface area contributed by atoms with Gasteiger partial charge in [-0.05, 0) is 6.42 Å². The van der Waals surface area contributed by atoms with Gasteiger partial charge in [-0.3, -0.25) is 0 Å². The van der Waals surface area contributed by atoms with Crippen LogP contribution in [0.3, 0.4) is 0 Å². The van der Waals surface area contributed by atoms with E-state index in [2.05, 4.69) is 12.2 Å². The van der Waals surface area contributed by atoms with Crippen molar-refractivity contribution in [1.29, 1.82) is 0 Å². The minimum absolute atomic E-state index is 0.145. The third-order valence-electron chi connectivity index (χ3n) is 4.81. The van der Waals surface area contributed by atoms with Crippen LogP contribution in [0, 0.1) is 0 Å². The molecule has 0 fully saturated rings. The lowest BCUT2D eigenvalue weighted by Crippen LogP contribution is -2.28. The van der Waals surface area contributed by atoms with Crippen LogP contribution < -0.4 is 5.32 Å². The average Bonchev–Trinajstić information content (AvgIpc) is 2.58. The molecular formula is C21H45NO2. The van der Waals surface area contributed by atoms with E-state index < -0.39 is 0 Å². The first-order chi connectivity index (χ1) is 11.8. The molecule has 0 saturated heterocycles. The Balaban J connectivity index is 3.05. The van der Waals surface area contributed by atoms with Crippen LogP contribution in [0.4, 0.5) is 0 Å². The zero-order chi connectivity index (χ0) is 17.7. The number of rotatable bonds is 20. The van der Waals surface area contributed by atoms with E-state index >= 15 is 0 Å². The van der Waals surface area contributed by atoms with E-state index in [1.54, 1.807) is 0 Å². The molecule has 0 aromatic carbocycles. The smallest absolute Gasteiger partial charge is 0.0664 e. The van der Waals surface area contributed by atoms with Crippen LogP contribution in [0.2, 0.25) is 0 Å². The second-order valence-electron chi connectivity index (χ2n) is 7.32. The molecule has 0 amide bonds. The van der Waals surface area contributed by atoms with Crippen molar-refractivity contribution in [3.05, 3.63) is 0 Å². The quantitative estimate of drug-likeness (QED) is 0.267. The number of hydrogen-bond donors (Lipinski definition) is 3. The Morgan fingerprint density at radius 3 is 1.50 bits per heavy atom. The summed E-state index contributed by atoms with van der Waals surface area (Å²) in [5, 5.41) is 21.4. The third kappa shape index (κ3) is 19.9. The van der Waals surface area contributed by atoms with Gasteiger partial charge in [-0.2, -0.15) is 0 Å². The van der Waals surface area contributed by atoms with E-state index in [1.807, 2.05) is 0 Å². The normalized spacial score (nSPS) is 12.6. The molecule has 0 aliphatic carbocycles. The van der Waals surface area contributed by atoms with Crippen molar-refractivity contribution in [2.24, 2.45) is 0 Å². The van der Waals surface area contributed by atoms with Gasteiger partial charge in [-0.25, -0.2) is 0 Å². The van der Waals surface area contributed by atoms with Crippen molar-refractivity contribution in [3.63, 3.8) is 0 Å². The topological polar surface area (TPSA) is 52.5 Å². The summed E-state index contributed by atoms with van der Waals surface area (Å²) >= 11 is 0. The van der Waals surface area contributed by atoms with Crippen LogP contribution in [0.1, 0.15) is 110 Å². The van der Waals surface area contributed by atoms with Crippen LogP contribution in [0.15, 0.2) is 0 Å². The van der Waals surface area contributed by atoms with E-state index in [4.69, 9.17) is 5.11 Å². The molecule has 0 saturated carbocycles. The van der Waals surface area contributed by atoms with Crippen LogP contribution in [0.5, 0.6) is 0 Å². The minimum Gasteiger partial charge on any atom is -0.395 e.